The van der Waals surface area contributed by atoms with Crippen molar-refractivity contribution in [3.8, 4) is 0 Å². The SMILES string of the molecule is c1ccc2c(c1)COCC2NCCCCn1ccnc1. The highest BCUT2D eigenvalue weighted by Crippen LogP contribution is 2.24. The topological polar surface area (TPSA) is 39.1 Å². The summed E-state index contributed by atoms with van der Waals surface area (Å²) < 4.78 is 7.77. The number of imidazole rings is 1. The van der Waals surface area contributed by atoms with Gasteiger partial charge in [-0.15, -0.1) is 0 Å². The first-order valence-electron chi connectivity index (χ1n) is 7.28. The monoisotopic (exact) mass is 271 g/mol. The minimum absolute atomic E-state index is 0.341. The molecule has 1 atom stereocenters. The summed E-state index contributed by atoms with van der Waals surface area (Å²) in [6.45, 7) is 3.59. The Morgan fingerprint density at radius 1 is 1.30 bits per heavy atom. The molecule has 2 aromatic rings. The highest BCUT2D eigenvalue weighted by Gasteiger charge is 2.19. The zero-order chi connectivity index (χ0) is 13.6. The molecule has 3 rings (SSSR count). The average Bonchev–Trinajstić information content (AvgIpc) is 3.00. The molecule has 0 amide bonds. The number of unbranched alkanes of at least 4 members (excludes halogenated alkanes) is 1. The van der Waals surface area contributed by atoms with E-state index in [1.165, 1.54) is 17.5 Å². The zero-order valence-electron chi connectivity index (χ0n) is 11.7. The van der Waals surface area contributed by atoms with Crippen LogP contribution >= 0.6 is 0 Å². The molecule has 0 radical (unpaired) electrons. The number of hydrogen-bond acceptors (Lipinski definition) is 3. The molecule has 0 saturated heterocycles. The van der Waals surface area contributed by atoms with Crippen LogP contribution in [0.2, 0.25) is 0 Å². The number of nitrogens with zero attached hydrogens (tertiary/aromatic N) is 2. The van der Waals surface area contributed by atoms with Gasteiger partial charge in [-0.1, -0.05) is 24.3 Å². The molecule has 2 heterocycles. The van der Waals surface area contributed by atoms with Crippen LogP contribution in [-0.2, 0) is 17.9 Å². The number of ether oxygens (including phenoxy) is 1. The maximum absolute atomic E-state index is 5.65. The van der Waals surface area contributed by atoms with Crippen LogP contribution in [0.3, 0.4) is 0 Å². The van der Waals surface area contributed by atoms with E-state index in [4.69, 9.17) is 4.74 Å². The molecule has 0 bridgehead atoms. The lowest BCUT2D eigenvalue weighted by molar-refractivity contribution is 0.0821. The Labute approximate surface area is 119 Å². The Morgan fingerprint density at radius 2 is 2.25 bits per heavy atom. The molecule has 0 aliphatic carbocycles. The standard InChI is InChI=1S/C16H21N3O/c1-2-6-15-14(5-1)11-20-12-16(15)18-7-3-4-9-19-10-8-17-13-19/h1-2,5-6,8,10,13,16,18H,3-4,7,9,11-12H2. The Kier molecular flexibility index (Phi) is 4.46. The number of benzene rings is 1. The average molecular weight is 271 g/mol. The van der Waals surface area contributed by atoms with Gasteiger partial charge in [-0.05, 0) is 30.5 Å². The molecule has 1 unspecified atom stereocenters. The fraction of sp³-hybridized carbons (Fsp3) is 0.438. The van der Waals surface area contributed by atoms with E-state index in [0.717, 1.165) is 32.7 Å². The van der Waals surface area contributed by atoms with Gasteiger partial charge in [0.25, 0.3) is 0 Å². The predicted octanol–water partition coefficient (Wildman–Crippen LogP) is 2.52. The minimum atomic E-state index is 0.341. The third kappa shape index (κ3) is 3.26. The lowest BCUT2D eigenvalue weighted by Crippen LogP contribution is -2.30. The van der Waals surface area contributed by atoms with Gasteiger partial charge in [0.05, 0.1) is 25.6 Å². The molecular weight excluding hydrogens is 250 g/mol. The highest BCUT2D eigenvalue weighted by molar-refractivity contribution is 5.30. The van der Waals surface area contributed by atoms with Gasteiger partial charge in [0.2, 0.25) is 0 Å². The van der Waals surface area contributed by atoms with Gasteiger partial charge >= 0.3 is 0 Å². The number of rotatable bonds is 6. The Hall–Kier alpha value is -1.65. The Balaban J connectivity index is 1.43. The molecule has 0 saturated carbocycles. The van der Waals surface area contributed by atoms with Crippen LogP contribution in [0.5, 0.6) is 0 Å². The van der Waals surface area contributed by atoms with Crippen molar-refractivity contribution in [1.82, 2.24) is 14.9 Å². The molecule has 1 N–H and O–H groups in total. The molecule has 0 fully saturated rings. The zero-order valence-corrected chi connectivity index (χ0v) is 11.7. The van der Waals surface area contributed by atoms with Gasteiger partial charge in [0.15, 0.2) is 0 Å². The van der Waals surface area contributed by atoms with Crippen molar-refractivity contribution in [3.63, 3.8) is 0 Å². The van der Waals surface area contributed by atoms with Crippen molar-refractivity contribution in [2.24, 2.45) is 0 Å². The summed E-state index contributed by atoms with van der Waals surface area (Å²) in [5.74, 6) is 0. The molecule has 1 aliphatic heterocycles. The van der Waals surface area contributed by atoms with Crippen LogP contribution in [0.4, 0.5) is 0 Å². The molecule has 4 nitrogen and oxygen atoms in total. The van der Waals surface area contributed by atoms with E-state index in [-0.39, 0.29) is 0 Å². The van der Waals surface area contributed by atoms with Crippen LogP contribution in [0.15, 0.2) is 43.0 Å². The smallest absolute Gasteiger partial charge is 0.0945 e. The van der Waals surface area contributed by atoms with Crippen LogP contribution in [0.1, 0.15) is 30.0 Å². The maximum Gasteiger partial charge on any atom is 0.0945 e. The lowest BCUT2D eigenvalue weighted by Gasteiger charge is -2.26. The molecule has 1 aromatic carbocycles. The van der Waals surface area contributed by atoms with Crippen molar-refractivity contribution in [2.45, 2.75) is 32.0 Å². The lowest BCUT2D eigenvalue weighted by atomic mass is 9.99. The number of aromatic nitrogens is 2. The van der Waals surface area contributed by atoms with E-state index in [2.05, 4.69) is 39.1 Å². The van der Waals surface area contributed by atoms with Gasteiger partial charge in [0, 0.05) is 18.9 Å². The summed E-state index contributed by atoms with van der Waals surface area (Å²) in [7, 11) is 0. The number of nitrogens with one attached hydrogen (secondary N) is 1. The van der Waals surface area contributed by atoms with E-state index in [9.17, 15) is 0 Å². The molecule has 0 spiro atoms. The number of aryl methyl sites for hydroxylation is 1. The summed E-state index contributed by atoms with van der Waals surface area (Å²) in [5.41, 5.74) is 2.71. The van der Waals surface area contributed by atoms with Crippen LogP contribution < -0.4 is 5.32 Å². The summed E-state index contributed by atoms with van der Waals surface area (Å²) in [6, 6.07) is 8.89. The van der Waals surface area contributed by atoms with Gasteiger partial charge in [-0.25, -0.2) is 4.98 Å². The molecule has 20 heavy (non-hydrogen) atoms. The van der Waals surface area contributed by atoms with E-state index < -0.39 is 0 Å². The quantitative estimate of drug-likeness (QED) is 0.821. The summed E-state index contributed by atoms with van der Waals surface area (Å²) in [5, 5.41) is 3.61. The summed E-state index contributed by atoms with van der Waals surface area (Å²) in [4.78, 5) is 4.05. The molecular formula is C16H21N3O. The summed E-state index contributed by atoms with van der Waals surface area (Å²) in [6.07, 6.45) is 8.04. The molecule has 1 aromatic heterocycles. The van der Waals surface area contributed by atoms with Crippen LogP contribution in [0.25, 0.3) is 0 Å². The fourth-order valence-corrected chi connectivity index (χ4v) is 2.67. The third-order valence-electron chi connectivity index (χ3n) is 3.77. The maximum atomic E-state index is 5.65. The van der Waals surface area contributed by atoms with E-state index >= 15 is 0 Å². The largest absolute Gasteiger partial charge is 0.375 e. The third-order valence-corrected chi connectivity index (χ3v) is 3.77. The van der Waals surface area contributed by atoms with Crippen LogP contribution in [-0.4, -0.2) is 22.7 Å². The predicted molar refractivity (Wildman–Crippen MR) is 78.3 cm³/mol. The van der Waals surface area contributed by atoms with Crippen molar-refractivity contribution in [1.29, 1.82) is 0 Å². The van der Waals surface area contributed by atoms with Gasteiger partial charge < -0.3 is 14.6 Å². The summed E-state index contributed by atoms with van der Waals surface area (Å²) >= 11 is 0. The second kappa shape index (κ2) is 6.68. The van der Waals surface area contributed by atoms with Crippen molar-refractivity contribution in [3.05, 3.63) is 54.1 Å². The first kappa shape index (κ1) is 13.3. The van der Waals surface area contributed by atoms with E-state index in [1.807, 2.05) is 18.7 Å². The van der Waals surface area contributed by atoms with Crippen molar-refractivity contribution in [2.75, 3.05) is 13.2 Å². The highest BCUT2D eigenvalue weighted by atomic mass is 16.5. The van der Waals surface area contributed by atoms with Crippen molar-refractivity contribution < 1.29 is 4.74 Å². The minimum Gasteiger partial charge on any atom is -0.375 e. The molecule has 106 valence electrons. The number of hydrogen-bond donors (Lipinski definition) is 1. The normalized spacial score (nSPS) is 17.9. The van der Waals surface area contributed by atoms with Gasteiger partial charge in [0.1, 0.15) is 0 Å². The van der Waals surface area contributed by atoms with Crippen molar-refractivity contribution >= 4 is 0 Å². The molecule has 1 aliphatic rings. The van der Waals surface area contributed by atoms with Gasteiger partial charge in [-0.3, -0.25) is 0 Å². The first-order valence-corrected chi connectivity index (χ1v) is 7.28. The molecule has 4 heteroatoms. The van der Waals surface area contributed by atoms with E-state index in [0.29, 0.717) is 6.04 Å². The van der Waals surface area contributed by atoms with E-state index in [1.54, 1.807) is 0 Å². The number of fused-ring (bicyclic) bond motifs is 1. The van der Waals surface area contributed by atoms with Gasteiger partial charge in [-0.2, -0.15) is 0 Å². The second-order valence-corrected chi connectivity index (χ2v) is 5.23. The Bertz CT molecular complexity index is 524. The first-order chi connectivity index (χ1) is 9.93. The fourth-order valence-electron chi connectivity index (χ4n) is 2.67. The second-order valence-electron chi connectivity index (χ2n) is 5.23. The van der Waals surface area contributed by atoms with Crippen LogP contribution in [0, 0.1) is 0 Å². The Morgan fingerprint density at radius 3 is 3.15 bits per heavy atom.